The molecule has 0 radical (unpaired) electrons. The summed E-state index contributed by atoms with van der Waals surface area (Å²) in [5.41, 5.74) is 0.821. The molecule has 1 aromatic heterocycles. The fourth-order valence-electron chi connectivity index (χ4n) is 1.82. The molecule has 1 aliphatic rings. The molecule has 1 atom stereocenters. The van der Waals surface area contributed by atoms with E-state index in [1.165, 1.54) is 11.3 Å². The van der Waals surface area contributed by atoms with Gasteiger partial charge in [0.25, 0.3) is 0 Å². The number of thiazole rings is 1. The van der Waals surface area contributed by atoms with Gasteiger partial charge in [0.05, 0.1) is 18.7 Å². The topological polar surface area (TPSA) is 59.4 Å². The van der Waals surface area contributed by atoms with Crippen LogP contribution in [0.15, 0.2) is 0 Å². The lowest BCUT2D eigenvalue weighted by atomic mass is 9.91. The Morgan fingerprint density at radius 1 is 1.69 bits per heavy atom. The lowest BCUT2D eigenvalue weighted by Crippen LogP contribution is -2.21. The summed E-state index contributed by atoms with van der Waals surface area (Å²) in [6, 6.07) is 0. The van der Waals surface area contributed by atoms with Crippen molar-refractivity contribution in [2.75, 3.05) is 13.2 Å². The van der Waals surface area contributed by atoms with Crippen molar-refractivity contribution >= 4 is 17.3 Å². The van der Waals surface area contributed by atoms with Gasteiger partial charge in [-0.1, -0.05) is 6.92 Å². The molecule has 0 saturated carbocycles. The highest BCUT2D eigenvalue weighted by Gasteiger charge is 2.35. The Bertz CT molecular complexity index is 407. The quantitative estimate of drug-likeness (QED) is 0.876. The minimum atomic E-state index is -0.800. The van der Waals surface area contributed by atoms with E-state index in [1.54, 1.807) is 0 Å². The number of nitrogens with zero attached hydrogens (tertiary/aromatic N) is 1. The van der Waals surface area contributed by atoms with Gasteiger partial charge in [0.15, 0.2) is 0 Å². The average Bonchev–Trinajstić information content (AvgIpc) is 2.75. The molecule has 0 amide bonds. The third-order valence-corrected chi connectivity index (χ3v) is 4.40. The Morgan fingerprint density at radius 3 is 3.00 bits per heavy atom. The maximum atomic E-state index is 10.7. The van der Waals surface area contributed by atoms with E-state index < -0.39 is 5.97 Å². The molecular formula is C11H15NO3S. The Morgan fingerprint density at radius 2 is 2.44 bits per heavy atom. The number of carbonyl (C=O) groups is 1. The number of aryl methyl sites for hydroxylation is 1. The fourth-order valence-corrected chi connectivity index (χ4v) is 3.04. The predicted molar refractivity (Wildman–Crippen MR) is 61.0 cm³/mol. The van der Waals surface area contributed by atoms with Gasteiger partial charge < -0.3 is 9.84 Å². The van der Waals surface area contributed by atoms with Crippen LogP contribution in [0.5, 0.6) is 0 Å². The molecule has 0 bridgehead atoms. The maximum absolute atomic E-state index is 10.7. The van der Waals surface area contributed by atoms with Crippen LogP contribution in [0.2, 0.25) is 0 Å². The lowest BCUT2D eigenvalue weighted by molar-refractivity contribution is -0.136. The smallest absolute Gasteiger partial charge is 0.308 e. The van der Waals surface area contributed by atoms with Gasteiger partial charge in [-0.05, 0) is 13.3 Å². The maximum Gasteiger partial charge on any atom is 0.308 e. The number of carboxylic acid groups (broad SMARTS) is 1. The molecule has 1 fully saturated rings. The van der Waals surface area contributed by atoms with Crippen LogP contribution >= 0.6 is 11.3 Å². The van der Waals surface area contributed by atoms with Crippen molar-refractivity contribution in [3.05, 3.63) is 15.6 Å². The number of aliphatic carboxylic acids is 1. The van der Waals surface area contributed by atoms with E-state index in [0.717, 1.165) is 28.6 Å². The lowest BCUT2D eigenvalue weighted by Gasteiger charge is -2.17. The van der Waals surface area contributed by atoms with Gasteiger partial charge in [-0.2, -0.15) is 0 Å². The zero-order valence-electron chi connectivity index (χ0n) is 9.45. The molecule has 5 heteroatoms. The summed E-state index contributed by atoms with van der Waals surface area (Å²) in [6.07, 6.45) is 1.03. The van der Waals surface area contributed by atoms with E-state index in [4.69, 9.17) is 9.84 Å². The molecule has 2 heterocycles. The second-order valence-electron chi connectivity index (χ2n) is 4.46. The first kappa shape index (κ1) is 11.5. The van der Waals surface area contributed by atoms with E-state index in [9.17, 15) is 4.79 Å². The van der Waals surface area contributed by atoms with Gasteiger partial charge in [0, 0.05) is 16.9 Å². The molecule has 4 nitrogen and oxygen atoms in total. The summed E-state index contributed by atoms with van der Waals surface area (Å²) in [4.78, 5) is 16.0. The minimum absolute atomic E-state index is 0.0216. The van der Waals surface area contributed by atoms with Crippen LogP contribution in [0.1, 0.15) is 28.9 Å². The number of hydrogen-bond acceptors (Lipinski definition) is 4. The predicted octanol–water partition coefficient (Wildman–Crippen LogP) is 1.76. The second-order valence-corrected chi connectivity index (χ2v) is 5.54. The molecule has 88 valence electrons. The van der Waals surface area contributed by atoms with Crippen LogP contribution in [0.25, 0.3) is 0 Å². The van der Waals surface area contributed by atoms with Crippen LogP contribution in [-0.2, 0) is 21.4 Å². The number of rotatable bonds is 3. The third kappa shape index (κ3) is 2.10. The molecule has 1 unspecified atom stereocenters. The van der Waals surface area contributed by atoms with Gasteiger partial charge in [0.2, 0.25) is 0 Å². The Balaban J connectivity index is 2.26. The zero-order valence-corrected chi connectivity index (χ0v) is 10.3. The highest BCUT2D eigenvalue weighted by molar-refractivity contribution is 7.12. The Hall–Kier alpha value is -0.940. The van der Waals surface area contributed by atoms with Crippen molar-refractivity contribution in [3.63, 3.8) is 0 Å². The van der Waals surface area contributed by atoms with Gasteiger partial charge >= 0.3 is 5.97 Å². The summed E-state index contributed by atoms with van der Waals surface area (Å²) in [5, 5.41) is 9.80. The standard InChI is InChI=1S/C11H15NO3S/c1-7-8(5-9(13)14)16-10(12-7)11(2)3-4-15-6-11/h3-6H2,1-2H3,(H,13,14). The molecule has 16 heavy (non-hydrogen) atoms. The van der Waals surface area contributed by atoms with Gasteiger partial charge in [-0.15, -0.1) is 11.3 Å². The summed E-state index contributed by atoms with van der Waals surface area (Å²) < 4.78 is 5.40. The number of carboxylic acids is 1. The first-order valence-electron chi connectivity index (χ1n) is 5.27. The van der Waals surface area contributed by atoms with Crippen molar-refractivity contribution in [2.24, 2.45) is 0 Å². The van der Waals surface area contributed by atoms with Crippen molar-refractivity contribution < 1.29 is 14.6 Å². The summed E-state index contributed by atoms with van der Waals surface area (Å²) >= 11 is 1.51. The monoisotopic (exact) mass is 241 g/mol. The summed E-state index contributed by atoms with van der Waals surface area (Å²) in [7, 11) is 0. The largest absolute Gasteiger partial charge is 0.481 e. The molecule has 0 spiro atoms. The van der Waals surface area contributed by atoms with E-state index in [1.807, 2.05) is 6.92 Å². The van der Waals surface area contributed by atoms with Crippen molar-refractivity contribution in [3.8, 4) is 0 Å². The summed E-state index contributed by atoms with van der Waals surface area (Å²) in [5.74, 6) is -0.800. The first-order valence-corrected chi connectivity index (χ1v) is 6.09. The molecule has 0 aromatic carbocycles. The normalized spacial score (nSPS) is 24.9. The van der Waals surface area contributed by atoms with Crippen LogP contribution in [0.3, 0.4) is 0 Å². The van der Waals surface area contributed by atoms with Gasteiger partial charge in [0.1, 0.15) is 5.01 Å². The van der Waals surface area contributed by atoms with Crippen LogP contribution in [0, 0.1) is 6.92 Å². The molecule has 1 N–H and O–H groups in total. The SMILES string of the molecule is Cc1nc(C2(C)CCOC2)sc1CC(=O)O. The number of hydrogen-bond donors (Lipinski definition) is 1. The van der Waals surface area contributed by atoms with Gasteiger partial charge in [-0.25, -0.2) is 4.98 Å². The highest BCUT2D eigenvalue weighted by Crippen LogP contribution is 2.36. The fraction of sp³-hybridized carbons (Fsp3) is 0.636. The zero-order chi connectivity index (χ0) is 11.8. The van der Waals surface area contributed by atoms with Crippen LogP contribution < -0.4 is 0 Å². The van der Waals surface area contributed by atoms with Crippen molar-refractivity contribution in [2.45, 2.75) is 32.1 Å². The molecule has 1 aliphatic heterocycles. The van der Waals surface area contributed by atoms with E-state index in [0.29, 0.717) is 6.61 Å². The van der Waals surface area contributed by atoms with E-state index in [2.05, 4.69) is 11.9 Å². The van der Waals surface area contributed by atoms with Crippen LogP contribution in [0.4, 0.5) is 0 Å². The third-order valence-electron chi connectivity index (χ3n) is 2.94. The first-order chi connectivity index (χ1) is 7.51. The number of ether oxygens (including phenoxy) is 1. The second kappa shape index (κ2) is 4.14. The molecule has 2 rings (SSSR count). The molecular weight excluding hydrogens is 226 g/mol. The van der Waals surface area contributed by atoms with E-state index >= 15 is 0 Å². The minimum Gasteiger partial charge on any atom is -0.481 e. The molecule has 0 aliphatic carbocycles. The summed E-state index contributed by atoms with van der Waals surface area (Å²) in [6.45, 7) is 5.45. The molecule has 1 saturated heterocycles. The molecule has 1 aromatic rings. The number of aromatic nitrogens is 1. The van der Waals surface area contributed by atoms with Gasteiger partial charge in [-0.3, -0.25) is 4.79 Å². The highest BCUT2D eigenvalue weighted by atomic mass is 32.1. The average molecular weight is 241 g/mol. The van der Waals surface area contributed by atoms with Crippen molar-refractivity contribution in [1.82, 2.24) is 4.98 Å². The van der Waals surface area contributed by atoms with Crippen LogP contribution in [-0.4, -0.2) is 29.3 Å². The Labute approximate surface area is 98.3 Å². The Kier molecular flexibility index (Phi) is 2.99. The van der Waals surface area contributed by atoms with E-state index in [-0.39, 0.29) is 11.8 Å². The van der Waals surface area contributed by atoms with Crippen molar-refractivity contribution in [1.29, 1.82) is 0 Å².